The van der Waals surface area contributed by atoms with Gasteiger partial charge in [0, 0.05) is 9.35 Å². The second-order valence-electron chi connectivity index (χ2n) is 4.28. The number of rotatable bonds is 4. The molecule has 1 aromatic carbocycles. The first-order valence-electron chi connectivity index (χ1n) is 5.97. The van der Waals surface area contributed by atoms with Crippen molar-refractivity contribution in [1.29, 1.82) is 0 Å². The summed E-state index contributed by atoms with van der Waals surface area (Å²) in [5, 5.41) is 4.74. The SMILES string of the molecule is COc1cc(Br)cc(C)c1NC(=O)C(N)c1cccs1. The number of nitrogens with one attached hydrogen (secondary N) is 1. The Balaban J connectivity index is 2.24. The van der Waals surface area contributed by atoms with Gasteiger partial charge in [0.05, 0.1) is 12.8 Å². The van der Waals surface area contributed by atoms with Crippen molar-refractivity contribution in [3.05, 3.63) is 44.6 Å². The summed E-state index contributed by atoms with van der Waals surface area (Å²) in [6, 6.07) is 6.76. The fourth-order valence-corrected chi connectivity index (χ4v) is 3.11. The highest BCUT2D eigenvalue weighted by Crippen LogP contribution is 2.32. The van der Waals surface area contributed by atoms with Gasteiger partial charge in [0.25, 0.3) is 0 Å². The van der Waals surface area contributed by atoms with E-state index in [9.17, 15) is 4.79 Å². The van der Waals surface area contributed by atoms with Gasteiger partial charge in [-0.05, 0) is 36.1 Å². The molecule has 3 N–H and O–H groups in total. The van der Waals surface area contributed by atoms with Crippen LogP contribution in [0, 0.1) is 6.92 Å². The van der Waals surface area contributed by atoms with E-state index in [2.05, 4.69) is 21.2 Å². The Morgan fingerprint density at radius 2 is 2.25 bits per heavy atom. The smallest absolute Gasteiger partial charge is 0.246 e. The number of ether oxygens (including phenoxy) is 1. The molecule has 2 aromatic rings. The topological polar surface area (TPSA) is 64.3 Å². The molecule has 0 aliphatic carbocycles. The van der Waals surface area contributed by atoms with Gasteiger partial charge >= 0.3 is 0 Å². The van der Waals surface area contributed by atoms with Crippen LogP contribution in [0.3, 0.4) is 0 Å². The highest BCUT2D eigenvalue weighted by atomic mass is 79.9. The minimum absolute atomic E-state index is 0.254. The average molecular weight is 355 g/mol. The third kappa shape index (κ3) is 3.20. The van der Waals surface area contributed by atoms with Crippen LogP contribution in [0.25, 0.3) is 0 Å². The van der Waals surface area contributed by atoms with Crippen molar-refractivity contribution in [2.75, 3.05) is 12.4 Å². The predicted octanol–water partition coefficient (Wildman–Crippen LogP) is 3.47. The number of thiophene rings is 1. The first-order valence-corrected chi connectivity index (χ1v) is 7.64. The standard InChI is InChI=1S/C14H15BrN2O2S/c1-8-6-9(15)7-10(19-2)13(8)17-14(18)12(16)11-4-3-5-20-11/h3-7,12H,16H2,1-2H3,(H,17,18). The number of benzene rings is 1. The predicted molar refractivity (Wildman–Crippen MR) is 85.3 cm³/mol. The van der Waals surface area contributed by atoms with E-state index in [0.29, 0.717) is 11.4 Å². The lowest BCUT2D eigenvalue weighted by molar-refractivity contribution is -0.117. The third-order valence-electron chi connectivity index (χ3n) is 2.86. The largest absolute Gasteiger partial charge is 0.495 e. The lowest BCUT2D eigenvalue weighted by Gasteiger charge is -2.16. The molecule has 4 nitrogen and oxygen atoms in total. The molecule has 0 saturated heterocycles. The lowest BCUT2D eigenvalue weighted by atomic mass is 10.1. The highest BCUT2D eigenvalue weighted by Gasteiger charge is 2.19. The van der Waals surface area contributed by atoms with Crippen LogP contribution in [-0.4, -0.2) is 13.0 Å². The van der Waals surface area contributed by atoms with E-state index in [1.165, 1.54) is 11.3 Å². The molecule has 1 unspecified atom stereocenters. The molecule has 1 atom stereocenters. The summed E-state index contributed by atoms with van der Waals surface area (Å²) in [4.78, 5) is 13.0. The summed E-state index contributed by atoms with van der Waals surface area (Å²) in [6.45, 7) is 1.90. The minimum atomic E-state index is -0.678. The van der Waals surface area contributed by atoms with E-state index in [1.807, 2.05) is 30.5 Å². The Labute approximate surface area is 130 Å². The Morgan fingerprint density at radius 1 is 1.50 bits per heavy atom. The van der Waals surface area contributed by atoms with Crippen LogP contribution < -0.4 is 15.8 Å². The van der Waals surface area contributed by atoms with Crippen molar-refractivity contribution in [3.63, 3.8) is 0 Å². The molecule has 1 amide bonds. The summed E-state index contributed by atoms with van der Waals surface area (Å²) in [5.41, 5.74) is 7.50. The maximum absolute atomic E-state index is 12.2. The third-order valence-corrected chi connectivity index (χ3v) is 4.28. The molecule has 0 radical (unpaired) electrons. The van der Waals surface area contributed by atoms with Crippen LogP contribution in [0.4, 0.5) is 5.69 Å². The van der Waals surface area contributed by atoms with E-state index in [-0.39, 0.29) is 5.91 Å². The number of hydrogen-bond donors (Lipinski definition) is 2. The maximum Gasteiger partial charge on any atom is 0.246 e. The summed E-state index contributed by atoms with van der Waals surface area (Å²) in [7, 11) is 1.57. The Hall–Kier alpha value is -1.37. The van der Waals surface area contributed by atoms with Gasteiger partial charge in [-0.15, -0.1) is 11.3 Å². The van der Waals surface area contributed by atoms with Gasteiger partial charge in [-0.25, -0.2) is 0 Å². The van der Waals surface area contributed by atoms with Crippen LogP contribution in [-0.2, 0) is 4.79 Å². The van der Waals surface area contributed by atoms with Gasteiger partial charge in [-0.3, -0.25) is 4.79 Å². The zero-order chi connectivity index (χ0) is 14.7. The van der Waals surface area contributed by atoms with Crippen LogP contribution >= 0.6 is 27.3 Å². The van der Waals surface area contributed by atoms with Crippen molar-refractivity contribution in [2.45, 2.75) is 13.0 Å². The number of methoxy groups -OCH3 is 1. The normalized spacial score (nSPS) is 12.0. The van der Waals surface area contributed by atoms with E-state index in [0.717, 1.165) is 14.9 Å². The minimum Gasteiger partial charge on any atom is -0.495 e. The van der Waals surface area contributed by atoms with Crippen LogP contribution in [0.2, 0.25) is 0 Å². The number of aryl methyl sites for hydroxylation is 1. The van der Waals surface area contributed by atoms with Gasteiger partial charge in [0.1, 0.15) is 11.8 Å². The van der Waals surface area contributed by atoms with Crippen molar-refractivity contribution in [3.8, 4) is 5.75 Å². The zero-order valence-corrected chi connectivity index (χ0v) is 13.5. The fraction of sp³-hybridized carbons (Fsp3) is 0.214. The molecular formula is C14H15BrN2O2S. The van der Waals surface area contributed by atoms with E-state index in [1.54, 1.807) is 13.2 Å². The number of carbonyl (C=O) groups excluding carboxylic acids is 1. The Kier molecular flexibility index (Phi) is 4.80. The second kappa shape index (κ2) is 6.39. The van der Waals surface area contributed by atoms with Gasteiger partial charge in [0.2, 0.25) is 5.91 Å². The van der Waals surface area contributed by atoms with Crippen molar-refractivity contribution in [2.24, 2.45) is 5.73 Å². The molecule has 0 aliphatic heterocycles. The molecule has 0 bridgehead atoms. The molecule has 0 fully saturated rings. The summed E-state index contributed by atoms with van der Waals surface area (Å²) < 4.78 is 6.19. The van der Waals surface area contributed by atoms with Gasteiger partial charge < -0.3 is 15.8 Å². The maximum atomic E-state index is 12.2. The average Bonchev–Trinajstić information content (AvgIpc) is 2.94. The number of anilines is 1. The first kappa shape index (κ1) is 15.0. The van der Waals surface area contributed by atoms with E-state index in [4.69, 9.17) is 10.5 Å². The number of hydrogen-bond acceptors (Lipinski definition) is 4. The quantitative estimate of drug-likeness (QED) is 0.883. The molecule has 0 aliphatic rings. The fourth-order valence-electron chi connectivity index (χ4n) is 1.83. The molecule has 6 heteroatoms. The monoisotopic (exact) mass is 354 g/mol. The van der Waals surface area contributed by atoms with E-state index >= 15 is 0 Å². The van der Waals surface area contributed by atoms with Gasteiger partial charge in [0.15, 0.2) is 0 Å². The number of carbonyl (C=O) groups is 1. The van der Waals surface area contributed by atoms with Gasteiger partial charge in [-0.1, -0.05) is 22.0 Å². The van der Waals surface area contributed by atoms with Gasteiger partial charge in [-0.2, -0.15) is 0 Å². The molecular weight excluding hydrogens is 340 g/mol. The molecule has 106 valence electrons. The first-order chi connectivity index (χ1) is 9.52. The molecule has 2 rings (SSSR count). The highest BCUT2D eigenvalue weighted by molar-refractivity contribution is 9.10. The van der Waals surface area contributed by atoms with Crippen LogP contribution in [0.1, 0.15) is 16.5 Å². The van der Waals surface area contributed by atoms with Crippen LogP contribution in [0.5, 0.6) is 5.75 Å². The number of amides is 1. The van der Waals surface area contributed by atoms with Crippen molar-refractivity contribution < 1.29 is 9.53 Å². The van der Waals surface area contributed by atoms with Crippen molar-refractivity contribution >= 4 is 38.9 Å². The van der Waals surface area contributed by atoms with Crippen molar-refractivity contribution in [1.82, 2.24) is 0 Å². The summed E-state index contributed by atoms with van der Waals surface area (Å²) in [6.07, 6.45) is 0. The molecule has 0 saturated carbocycles. The van der Waals surface area contributed by atoms with Crippen LogP contribution in [0.15, 0.2) is 34.1 Å². The summed E-state index contributed by atoms with van der Waals surface area (Å²) >= 11 is 4.86. The van der Waals surface area contributed by atoms with E-state index < -0.39 is 6.04 Å². The Bertz CT molecular complexity index is 614. The molecule has 0 spiro atoms. The second-order valence-corrected chi connectivity index (χ2v) is 6.18. The molecule has 20 heavy (non-hydrogen) atoms. The zero-order valence-electron chi connectivity index (χ0n) is 11.1. The Morgan fingerprint density at radius 3 is 2.85 bits per heavy atom. The number of halogens is 1. The lowest BCUT2D eigenvalue weighted by Crippen LogP contribution is -2.27. The molecule has 1 heterocycles. The summed E-state index contributed by atoms with van der Waals surface area (Å²) in [5.74, 6) is 0.347. The number of nitrogens with two attached hydrogens (primary N) is 1. The molecule has 1 aromatic heterocycles.